The smallest absolute Gasteiger partial charge is 0.268 e. The largest absolute Gasteiger partial charge is 0.270 e. The summed E-state index contributed by atoms with van der Waals surface area (Å²) in [4.78, 5) is 20.9. The Kier molecular flexibility index (Phi) is 3.15. The van der Waals surface area contributed by atoms with Crippen LogP contribution >= 0.6 is 0 Å². The number of non-ortho nitro benzene ring substituents is 1. The fourth-order valence-corrected chi connectivity index (χ4v) is 1.14. The van der Waals surface area contributed by atoms with E-state index in [1.807, 2.05) is 0 Å². The van der Waals surface area contributed by atoms with Gasteiger partial charge in [0.1, 0.15) is 5.82 Å². The molecule has 0 fully saturated rings. The molecular weight excluding hydrogens is 217 g/mol. The standard InChI is InChI=1S/C9H6FN3O3/c1-5-2-6(13(15)16)3-7(8(5)10)9(14)12-4-11/h2-3H,1H3,(H,12,14). The zero-order valence-corrected chi connectivity index (χ0v) is 8.15. The zero-order valence-electron chi connectivity index (χ0n) is 8.15. The van der Waals surface area contributed by atoms with E-state index >= 15 is 0 Å². The summed E-state index contributed by atoms with van der Waals surface area (Å²) >= 11 is 0. The molecule has 0 unspecified atom stereocenters. The highest BCUT2D eigenvalue weighted by atomic mass is 19.1. The SMILES string of the molecule is Cc1cc([N+](=O)[O-])cc(C(=O)NC#N)c1F. The third-order valence-electron chi connectivity index (χ3n) is 1.86. The third kappa shape index (κ3) is 2.12. The van der Waals surface area contributed by atoms with Crippen LogP contribution in [0.4, 0.5) is 10.1 Å². The van der Waals surface area contributed by atoms with Crippen molar-refractivity contribution in [2.24, 2.45) is 0 Å². The van der Waals surface area contributed by atoms with Gasteiger partial charge in [0, 0.05) is 12.1 Å². The average Bonchev–Trinajstić information content (AvgIpc) is 2.21. The van der Waals surface area contributed by atoms with Gasteiger partial charge >= 0.3 is 0 Å². The number of hydrogen-bond acceptors (Lipinski definition) is 4. The molecule has 0 spiro atoms. The predicted molar refractivity (Wildman–Crippen MR) is 50.9 cm³/mol. The van der Waals surface area contributed by atoms with Crippen molar-refractivity contribution in [3.05, 3.63) is 39.2 Å². The minimum Gasteiger partial charge on any atom is -0.268 e. The lowest BCUT2D eigenvalue weighted by Crippen LogP contribution is -2.19. The van der Waals surface area contributed by atoms with Gasteiger partial charge in [0.05, 0.1) is 10.5 Å². The molecule has 1 aromatic rings. The number of amides is 1. The van der Waals surface area contributed by atoms with Crippen LogP contribution in [0, 0.1) is 34.3 Å². The van der Waals surface area contributed by atoms with Gasteiger partial charge in [-0.3, -0.25) is 20.2 Å². The molecule has 0 saturated heterocycles. The summed E-state index contributed by atoms with van der Waals surface area (Å²) < 4.78 is 13.4. The van der Waals surface area contributed by atoms with Crippen LogP contribution < -0.4 is 5.32 Å². The van der Waals surface area contributed by atoms with Crippen molar-refractivity contribution >= 4 is 11.6 Å². The molecule has 1 amide bonds. The zero-order chi connectivity index (χ0) is 12.3. The Morgan fingerprint density at radius 2 is 2.25 bits per heavy atom. The molecule has 82 valence electrons. The molecule has 1 rings (SSSR count). The lowest BCUT2D eigenvalue weighted by Gasteiger charge is -2.03. The number of halogens is 1. The van der Waals surface area contributed by atoms with Gasteiger partial charge in [-0.2, -0.15) is 5.26 Å². The van der Waals surface area contributed by atoms with E-state index in [2.05, 4.69) is 0 Å². The van der Waals surface area contributed by atoms with Gasteiger partial charge in [-0.05, 0) is 12.5 Å². The first-order chi connectivity index (χ1) is 7.47. The van der Waals surface area contributed by atoms with Crippen LogP contribution in [0.15, 0.2) is 12.1 Å². The van der Waals surface area contributed by atoms with E-state index in [1.165, 1.54) is 13.1 Å². The summed E-state index contributed by atoms with van der Waals surface area (Å²) in [6.45, 7) is 1.30. The number of rotatable bonds is 2. The number of hydrogen-bond donors (Lipinski definition) is 1. The predicted octanol–water partition coefficient (Wildman–Crippen LogP) is 1.25. The van der Waals surface area contributed by atoms with E-state index in [4.69, 9.17) is 5.26 Å². The molecule has 0 aliphatic rings. The van der Waals surface area contributed by atoms with Crippen LogP contribution in [-0.2, 0) is 0 Å². The van der Waals surface area contributed by atoms with Crippen molar-refractivity contribution in [3.63, 3.8) is 0 Å². The van der Waals surface area contributed by atoms with Crippen molar-refractivity contribution in [2.75, 3.05) is 0 Å². The van der Waals surface area contributed by atoms with E-state index in [1.54, 1.807) is 5.32 Å². The first-order valence-corrected chi connectivity index (χ1v) is 4.11. The van der Waals surface area contributed by atoms with Gasteiger partial charge in [0.25, 0.3) is 11.6 Å². The van der Waals surface area contributed by atoms with Crippen molar-refractivity contribution in [2.45, 2.75) is 6.92 Å². The van der Waals surface area contributed by atoms with Crippen LogP contribution in [0.25, 0.3) is 0 Å². The number of benzene rings is 1. The molecule has 0 atom stereocenters. The molecule has 0 bridgehead atoms. The summed E-state index contributed by atoms with van der Waals surface area (Å²) in [5.41, 5.74) is -0.951. The highest BCUT2D eigenvalue weighted by Crippen LogP contribution is 2.20. The maximum atomic E-state index is 13.4. The van der Waals surface area contributed by atoms with E-state index in [0.29, 0.717) is 0 Å². The lowest BCUT2D eigenvalue weighted by atomic mass is 10.1. The molecule has 1 aromatic carbocycles. The first-order valence-electron chi connectivity index (χ1n) is 4.11. The number of nitriles is 1. The molecule has 0 heterocycles. The second kappa shape index (κ2) is 4.35. The van der Waals surface area contributed by atoms with Gasteiger partial charge in [-0.15, -0.1) is 0 Å². The lowest BCUT2D eigenvalue weighted by molar-refractivity contribution is -0.385. The Morgan fingerprint density at radius 1 is 1.62 bits per heavy atom. The summed E-state index contributed by atoms with van der Waals surface area (Å²) in [5, 5.41) is 20.4. The maximum absolute atomic E-state index is 13.4. The van der Waals surface area contributed by atoms with Crippen LogP contribution in [0.2, 0.25) is 0 Å². The number of aryl methyl sites for hydroxylation is 1. The summed E-state index contributed by atoms with van der Waals surface area (Å²) in [6, 6.07) is 1.80. The summed E-state index contributed by atoms with van der Waals surface area (Å²) in [5.74, 6) is -1.88. The van der Waals surface area contributed by atoms with E-state index in [0.717, 1.165) is 12.1 Å². The van der Waals surface area contributed by atoms with Crippen molar-refractivity contribution < 1.29 is 14.1 Å². The van der Waals surface area contributed by atoms with E-state index < -0.39 is 27.9 Å². The quantitative estimate of drug-likeness (QED) is 0.353. The third-order valence-corrected chi connectivity index (χ3v) is 1.86. The molecule has 0 radical (unpaired) electrons. The van der Waals surface area contributed by atoms with Gasteiger partial charge in [0.15, 0.2) is 6.19 Å². The molecule has 0 aliphatic carbocycles. The second-order valence-electron chi connectivity index (χ2n) is 2.95. The highest BCUT2D eigenvalue weighted by Gasteiger charge is 2.19. The summed E-state index contributed by atoms with van der Waals surface area (Å²) in [6.07, 6.45) is 1.33. The fraction of sp³-hybridized carbons (Fsp3) is 0.111. The van der Waals surface area contributed by atoms with Gasteiger partial charge in [-0.25, -0.2) is 4.39 Å². The number of carbonyl (C=O) groups excluding carboxylic acids is 1. The molecular formula is C9H6FN3O3. The number of nitro benzene ring substituents is 1. The van der Waals surface area contributed by atoms with Crippen LogP contribution in [0.5, 0.6) is 0 Å². The van der Waals surface area contributed by atoms with Gasteiger partial charge in [-0.1, -0.05) is 0 Å². The Hall–Kier alpha value is -2.49. The van der Waals surface area contributed by atoms with Crippen molar-refractivity contribution in [1.29, 1.82) is 5.26 Å². The number of nitrogens with one attached hydrogen (secondary N) is 1. The first kappa shape index (κ1) is 11.6. The normalized spacial score (nSPS) is 9.31. The number of nitrogens with zero attached hydrogens (tertiary/aromatic N) is 2. The Labute approximate surface area is 89.4 Å². The number of carbonyl (C=O) groups is 1. The average molecular weight is 223 g/mol. The Balaban J connectivity index is 3.33. The van der Waals surface area contributed by atoms with Crippen LogP contribution in [0.3, 0.4) is 0 Å². The minimum absolute atomic E-state index is 0.0303. The minimum atomic E-state index is -1.01. The van der Waals surface area contributed by atoms with E-state index in [9.17, 15) is 19.3 Å². The van der Waals surface area contributed by atoms with Crippen LogP contribution in [-0.4, -0.2) is 10.8 Å². The molecule has 1 N–H and O–H groups in total. The topological polar surface area (TPSA) is 96.0 Å². The van der Waals surface area contributed by atoms with E-state index in [-0.39, 0.29) is 5.56 Å². The number of nitro groups is 1. The molecule has 0 aromatic heterocycles. The highest BCUT2D eigenvalue weighted by molar-refractivity contribution is 5.96. The second-order valence-corrected chi connectivity index (χ2v) is 2.95. The maximum Gasteiger partial charge on any atom is 0.270 e. The Morgan fingerprint density at radius 3 is 2.75 bits per heavy atom. The Bertz CT molecular complexity index is 507. The van der Waals surface area contributed by atoms with Crippen LogP contribution in [0.1, 0.15) is 15.9 Å². The molecule has 16 heavy (non-hydrogen) atoms. The monoisotopic (exact) mass is 223 g/mol. The fourth-order valence-electron chi connectivity index (χ4n) is 1.14. The van der Waals surface area contributed by atoms with Crippen molar-refractivity contribution in [3.8, 4) is 6.19 Å². The molecule has 0 saturated carbocycles. The van der Waals surface area contributed by atoms with Gasteiger partial charge in [0.2, 0.25) is 0 Å². The molecule has 6 nitrogen and oxygen atoms in total. The van der Waals surface area contributed by atoms with Gasteiger partial charge < -0.3 is 0 Å². The molecule has 0 aliphatic heterocycles. The summed E-state index contributed by atoms with van der Waals surface area (Å²) in [7, 11) is 0. The molecule has 7 heteroatoms. The van der Waals surface area contributed by atoms with Crippen molar-refractivity contribution in [1.82, 2.24) is 5.32 Å².